The number of rotatable bonds is 8. The van der Waals surface area contributed by atoms with Gasteiger partial charge in [-0.25, -0.2) is 0 Å². The Morgan fingerprint density at radius 1 is 0.610 bits per heavy atom. The minimum absolute atomic E-state index is 0. The van der Waals surface area contributed by atoms with E-state index < -0.39 is 7.32 Å². The van der Waals surface area contributed by atoms with Crippen molar-refractivity contribution in [2.24, 2.45) is 20.8 Å². The Labute approximate surface area is 288 Å². The van der Waals surface area contributed by atoms with Gasteiger partial charge in [0.25, 0.3) is 0 Å². The quantitative estimate of drug-likeness (QED) is 0.271. The third kappa shape index (κ3) is 10.9. The molecule has 0 aliphatic heterocycles. The van der Waals surface area contributed by atoms with Crippen LogP contribution in [0.5, 0.6) is 11.5 Å². The summed E-state index contributed by atoms with van der Waals surface area (Å²) in [5, 5.41) is 48.3. The molecule has 220 valence electrons. The maximum Gasteiger partial charge on any atom is 1.00 e. The fraction of sp³-hybridized carbons (Fsp3) is 0.600. The molecule has 2 aromatic rings. The zero-order chi connectivity index (χ0) is 30.7. The molecule has 11 heteroatoms. The van der Waals surface area contributed by atoms with Gasteiger partial charge in [0, 0.05) is 21.7 Å². The van der Waals surface area contributed by atoms with E-state index in [0.29, 0.717) is 11.1 Å². The van der Waals surface area contributed by atoms with Crippen LogP contribution in [0, 0.1) is 0 Å². The molecular formula is C30H46BKN4O5. The van der Waals surface area contributed by atoms with E-state index >= 15 is 0 Å². The molecule has 9 nitrogen and oxygen atoms in total. The van der Waals surface area contributed by atoms with Crippen molar-refractivity contribution < 1.29 is 76.1 Å². The standard InChI is InChI=1S/C30H46BN4O5.K/c1-27(2,3)21-13-19(25(36)23(15-21)29(7,8)9)17-32-34-39-31(38)40-35-33-18-20-14-22(28(4,5)6)16-24(26(20)37)30(10,11)12;/h13-16,36-37H,17-18H2,1-12H3;/q-1;+1. The van der Waals surface area contributed by atoms with Gasteiger partial charge in [-0.2, -0.15) is 10.2 Å². The van der Waals surface area contributed by atoms with Crippen molar-refractivity contribution in [2.45, 2.75) is 118 Å². The van der Waals surface area contributed by atoms with Crippen molar-refractivity contribution in [1.82, 2.24) is 0 Å². The summed E-state index contributed by atoms with van der Waals surface area (Å²) >= 11 is 0. The number of nitrogens with zero attached hydrogens (tertiary/aromatic N) is 4. The van der Waals surface area contributed by atoms with Crippen LogP contribution in [0.25, 0.3) is 0 Å². The summed E-state index contributed by atoms with van der Waals surface area (Å²) in [6.45, 7) is 24.8. The molecule has 0 saturated heterocycles. The molecule has 0 heterocycles. The fourth-order valence-electron chi connectivity index (χ4n) is 4.01. The third-order valence-corrected chi connectivity index (χ3v) is 6.59. The van der Waals surface area contributed by atoms with E-state index in [4.69, 9.17) is 9.51 Å². The van der Waals surface area contributed by atoms with Gasteiger partial charge in [-0.3, -0.25) is 0 Å². The topological polar surface area (TPSA) is 131 Å². The van der Waals surface area contributed by atoms with Crippen LogP contribution in [0.2, 0.25) is 0 Å². The van der Waals surface area contributed by atoms with Crippen LogP contribution in [-0.4, -0.2) is 17.5 Å². The average Bonchev–Trinajstić information content (AvgIpc) is 2.78. The number of benzene rings is 2. The molecule has 0 atom stereocenters. The Morgan fingerprint density at radius 3 is 1.20 bits per heavy atom. The van der Waals surface area contributed by atoms with E-state index in [0.717, 1.165) is 22.3 Å². The van der Waals surface area contributed by atoms with E-state index in [1.807, 2.05) is 65.8 Å². The van der Waals surface area contributed by atoms with Crippen LogP contribution >= 0.6 is 0 Å². The molecular weight excluding hydrogens is 546 g/mol. The molecule has 0 unspecified atom stereocenters. The second-order valence-electron chi connectivity index (χ2n) is 14.3. The van der Waals surface area contributed by atoms with Crippen molar-refractivity contribution >= 4 is 7.32 Å². The van der Waals surface area contributed by atoms with Gasteiger partial charge in [-0.05, 0) is 56.0 Å². The van der Waals surface area contributed by atoms with Gasteiger partial charge in [0.05, 0.1) is 13.1 Å². The van der Waals surface area contributed by atoms with Crippen LogP contribution < -0.4 is 56.4 Å². The number of phenols is 2. The molecule has 2 N–H and O–H groups in total. The average molecular weight is 593 g/mol. The van der Waals surface area contributed by atoms with Crippen LogP contribution in [-0.2, 0) is 44.3 Å². The van der Waals surface area contributed by atoms with Gasteiger partial charge in [-0.15, -0.1) is 0 Å². The van der Waals surface area contributed by atoms with Gasteiger partial charge in [-0.1, -0.05) is 95.2 Å². The summed E-state index contributed by atoms with van der Waals surface area (Å²) in [4.78, 5) is 0. The summed E-state index contributed by atoms with van der Waals surface area (Å²) in [5.74, 6) is 0.299. The summed E-state index contributed by atoms with van der Waals surface area (Å²) in [6, 6.07) is 7.81. The molecule has 0 aromatic heterocycles. The Kier molecular flexibility index (Phi) is 13.1. The molecule has 0 spiro atoms. The zero-order valence-corrected chi connectivity index (χ0v) is 30.3. The maximum absolute atomic E-state index is 12.0. The van der Waals surface area contributed by atoms with E-state index in [-0.39, 0.29) is 97.6 Å². The summed E-state index contributed by atoms with van der Waals surface area (Å²) in [6.07, 6.45) is 0. The minimum atomic E-state index is -2.08. The third-order valence-electron chi connectivity index (χ3n) is 6.59. The van der Waals surface area contributed by atoms with Crippen LogP contribution in [0.4, 0.5) is 0 Å². The first-order valence-corrected chi connectivity index (χ1v) is 13.6. The van der Waals surface area contributed by atoms with Crippen LogP contribution in [0.3, 0.4) is 0 Å². The Balaban J connectivity index is 0.00000840. The van der Waals surface area contributed by atoms with E-state index in [1.54, 1.807) is 0 Å². The van der Waals surface area contributed by atoms with Crippen molar-refractivity contribution in [1.29, 1.82) is 0 Å². The second kappa shape index (κ2) is 14.3. The predicted molar refractivity (Wildman–Crippen MR) is 156 cm³/mol. The Morgan fingerprint density at radius 2 is 0.927 bits per heavy atom. The first kappa shape index (κ1) is 37.5. The SMILES string of the molecule is CC(C)(C)c1cc(CN=NOB([O-])ON=NCc2cc(C(C)(C)C)cc(C(C)(C)C)c2O)c(O)c(C(C)(C)C)c1.[K+]. The van der Waals surface area contributed by atoms with Crippen LogP contribution in [0.1, 0.15) is 116 Å². The minimum Gasteiger partial charge on any atom is -0.805 e. The number of aromatic hydroxyl groups is 2. The van der Waals surface area contributed by atoms with Crippen molar-refractivity contribution in [3.63, 3.8) is 0 Å². The first-order valence-electron chi connectivity index (χ1n) is 13.6. The molecule has 0 fully saturated rings. The summed E-state index contributed by atoms with van der Waals surface area (Å²) in [7, 11) is -2.08. The van der Waals surface area contributed by atoms with Gasteiger partial charge in [0.15, 0.2) is 0 Å². The number of hydrogen-bond acceptors (Lipinski definition) is 9. The monoisotopic (exact) mass is 592 g/mol. The zero-order valence-electron chi connectivity index (χ0n) is 27.2. The largest absolute Gasteiger partial charge is 1.00 e. The van der Waals surface area contributed by atoms with Gasteiger partial charge in [0.2, 0.25) is 0 Å². The van der Waals surface area contributed by atoms with Gasteiger partial charge in [0.1, 0.15) is 11.5 Å². The molecule has 0 amide bonds. The summed E-state index contributed by atoms with van der Waals surface area (Å²) < 4.78 is 9.40. The van der Waals surface area contributed by atoms with Gasteiger partial charge < -0.3 is 24.7 Å². The van der Waals surface area contributed by atoms with Crippen molar-refractivity contribution in [2.75, 3.05) is 0 Å². The van der Waals surface area contributed by atoms with Gasteiger partial charge >= 0.3 is 58.7 Å². The summed E-state index contributed by atoms with van der Waals surface area (Å²) in [5.41, 5.74) is 4.09. The molecule has 0 aliphatic rings. The molecule has 2 aromatic carbocycles. The Hall–Kier alpha value is -1.50. The molecule has 2 rings (SSSR count). The van der Waals surface area contributed by atoms with Crippen molar-refractivity contribution in [3.05, 3.63) is 57.6 Å². The molecule has 0 radical (unpaired) electrons. The first-order chi connectivity index (χ1) is 18.1. The smallest absolute Gasteiger partial charge is 0.805 e. The number of phenolic OH excluding ortho intramolecular Hbond substituents is 2. The fourth-order valence-corrected chi connectivity index (χ4v) is 4.01. The predicted octanol–water partition coefficient (Wildman–Crippen LogP) is 4.10. The molecule has 0 aliphatic carbocycles. The second-order valence-corrected chi connectivity index (χ2v) is 14.3. The van der Waals surface area contributed by atoms with E-state index in [9.17, 15) is 15.2 Å². The van der Waals surface area contributed by atoms with Crippen molar-refractivity contribution in [3.8, 4) is 11.5 Å². The normalized spacial score (nSPS) is 13.0. The molecule has 0 saturated carbocycles. The van der Waals surface area contributed by atoms with Crippen LogP contribution in [0.15, 0.2) is 45.0 Å². The Bertz CT molecular complexity index is 1140. The number of hydrogen-bond donors (Lipinski definition) is 2. The van der Waals surface area contributed by atoms with E-state index in [2.05, 4.69) is 62.3 Å². The molecule has 0 bridgehead atoms. The molecule has 41 heavy (non-hydrogen) atoms. The maximum atomic E-state index is 12.0. The van der Waals surface area contributed by atoms with E-state index in [1.165, 1.54) is 0 Å².